The van der Waals surface area contributed by atoms with E-state index in [0.717, 1.165) is 0 Å². The van der Waals surface area contributed by atoms with Crippen LogP contribution >= 0.6 is 12.2 Å². The normalized spacial score (nSPS) is 9.74. The number of nitrogens with one attached hydrogen (secondary N) is 2. The average molecular weight is 283 g/mol. The molecule has 1 aromatic rings. The van der Waals surface area contributed by atoms with Crippen molar-refractivity contribution in [2.24, 2.45) is 0 Å². The highest BCUT2D eigenvalue weighted by Gasteiger charge is 2.10. The SMILES string of the molecule is COCCNC(=S)NC(=O)c1ccc([N+](=O)[O-])cc1. The number of nitrogens with zero attached hydrogens (tertiary/aromatic N) is 1. The molecule has 0 bridgehead atoms. The van der Waals surface area contributed by atoms with E-state index in [1.54, 1.807) is 7.11 Å². The van der Waals surface area contributed by atoms with Gasteiger partial charge in [0, 0.05) is 31.4 Å². The van der Waals surface area contributed by atoms with Crippen LogP contribution in [0, 0.1) is 10.1 Å². The van der Waals surface area contributed by atoms with Crippen molar-refractivity contribution in [3.63, 3.8) is 0 Å². The predicted molar refractivity (Wildman–Crippen MR) is 73.0 cm³/mol. The molecule has 2 N–H and O–H groups in total. The van der Waals surface area contributed by atoms with Gasteiger partial charge in [-0.3, -0.25) is 20.2 Å². The maximum atomic E-state index is 11.7. The second kappa shape index (κ2) is 7.39. The summed E-state index contributed by atoms with van der Waals surface area (Å²) < 4.78 is 4.82. The minimum Gasteiger partial charge on any atom is -0.383 e. The highest BCUT2D eigenvalue weighted by molar-refractivity contribution is 7.80. The third-order valence-electron chi connectivity index (χ3n) is 2.16. The van der Waals surface area contributed by atoms with Crippen LogP contribution in [0.3, 0.4) is 0 Å². The fourth-order valence-electron chi connectivity index (χ4n) is 1.22. The monoisotopic (exact) mass is 283 g/mol. The highest BCUT2D eigenvalue weighted by Crippen LogP contribution is 2.11. The summed E-state index contributed by atoms with van der Waals surface area (Å²) in [4.78, 5) is 21.7. The molecule has 0 aliphatic heterocycles. The molecule has 1 aromatic carbocycles. The van der Waals surface area contributed by atoms with Crippen LogP contribution in [0.5, 0.6) is 0 Å². The van der Waals surface area contributed by atoms with Gasteiger partial charge in [0.15, 0.2) is 5.11 Å². The van der Waals surface area contributed by atoms with E-state index in [9.17, 15) is 14.9 Å². The molecule has 0 radical (unpaired) electrons. The zero-order chi connectivity index (χ0) is 14.3. The number of rotatable bonds is 5. The van der Waals surface area contributed by atoms with Crippen LogP contribution in [0.1, 0.15) is 10.4 Å². The molecule has 1 rings (SSSR count). The van der Waals surface area contributed by atoms with Crippen LogP contribution in [-0.4, -0.2) is 36.2 Å². The van der Waals surface area contributed by atoms with Gasteiger partial charge in [-0.05, 0) is 24.4 Å². The Kier molecular flexibility index (Phi) is 5.83. The maximum Gasteiger partial charge on any atom is 0.269 e. The number of hydrogen-bond acceptors (Lipinski definition) is 5. The number of non-ortho nitro benzene ring substituents is 1. The summed E-state index contributed by atoms with van der Waals surface area (Å²) >= 11 is 4.90. The van der Waals surface area contributed by atoms with Crippen molar-refractivity contribution in [1.29, 1.82) is 0 Å². The molecule has 1 amide bonds. The Morgan fingerprint density at radius 1 is 1.42 bits per heavy atom. The molecule has 0 saturated carbocycles. The number of hydrogen-bond donors (Lipinski definition) is 2. The lowest BCUT2D eigenvalue weighted by atomic mass is 10.2. The van der Waals surface area contributed by atoms with Gasteiger partial charge in [-0.15, -0.1) is 0 Å². The number of amides is 1. The molecular weight excluding hydrogens is 270 g/mol. The van der Waals surface area contributed by atoms with Crippen molar-refractivity contribution in [2.75, 3.05) is 20.3 Å². The summed E-state index contributed by atoms with van der Waals surface area (Å²) in [6.45, 7) is 0.948. The van der Waals surface area contributed by atoms with Crippen molar-refractivity contribution in [3.05, 3.63) is 39.9 Å². The van der Waals surface area contributed by atoms with Crippen LogP contribution in [0.2, 0.25) is 0 Å². The van der Waals surface area contributed by atoms with E-state index in [1.807, 2.05) is 0 Å². The first-order valence-electron chi connectivity index (χ1n) is 5.37. The molecule has 8 heteroatoms. The van der Waals surface area contributed by atoms with E-state index in [0.29, 0.717) is 18.7 Å². The quantitative estimate of drug-likeness (QED) is 0.360. The number of nitro benzene ring substituents is 1. The fourth-order valence-corrected chi connectivity index (χ4v) is 1.42. The third-order valence-corrected chi connectivity index (χ3v) is 2.41. The lowest BCUT2D eigenvalue weighted by molar-refractivity contribution is -0.384. The predicted octanol–water partition coefficient (Wildman–Crippen LogP) is 0.845. The minimum atomic E-state index is -0.529. The van der Waals surface area contributed by atoms with Crippen LogP contribution in [-0.2, 0) is 4.74 Å². The Hall–Kier alpha value is -2.06. The number of thiocarbonyl (C=S) groups is 1. The summed E-state index contributed by atoms with van der Waals surface area (Å²) in [6, 6.07) is 5.25. The van der Waals surface area contributed by atoms with E-state index in [-0.39, 0.29) is 10.8 Å². The van der Waals surface area contributed by atoms with E-state index in [1.165, 1.54) is 24.3 Å². The second-order valence-electron chi connectivity index (χ2n) is 3.51. The number of benzene rings is 1. The summed E-state index contributed by atoms with van der Waals surface area (Å²) in [5.41, 5.74) is 0.221. The molecule has 0 unspecified atom stereocenters. The molecular formula is C11H13N3O4S. The second-order valence-corrected chi connectivity index (χ2v) is 3.92. The van der Waals surface area contributed by atoms with Gasteiger partial charge in [-0.25, -0.2) is 0 Å². The van der Waals surface area contributed by atoms with Gasteiger partial charge in [0.05, 0.1) is 11.5 Å². The van der Waals surface area contributed by atoms with Crippen LogP contribution in [0.15, 0.2) is 24.3 Å². The summed E-state index contributed by atoms with van der Waals surface area (Å²) in [6.07, 6.45) is 0. The maximum absolute atomic E-state index is 11.7. The van der Waals surface area contributed by atoms with Gasteiger partial charge in [-0.2, -0.15) is 0 Å². The molecule has 7 nitrogen and oxygen atoms in total. The molecule has 19 heavy (non-hydrogen) atoms. The van der Waals surface area contributed by atoms with Crippen molar-refractivity contribution < 1.29 is 14.5 Å². The first-order valence-corrected chi connectivity index (χ1v) is 5.78. The summed E-state index contributed by atoms with van der Waals surface area (Å²) in [7, 11) is 1.56. The Morgan fingerprint density at radius 2 is 2.05 bits per heavy atom. The van der Waals surface area contributed by atoms with Gasteiger partial charge >= 0.3 is 0 Å². The standard InChI is InChI=1S/C11H13N3O4S/c1-18-7-6-12-11(19)13-10(15)8-2-4-9(5-3-8)14(16)17/h2-5H,6-7H2,1H3,(H2,12,13,15,19). The molecule has 0 atom stereocenters. The van der Waals surface area contributed by atoms with Crippen molar-refractivity contribution in [3.8, 4) is 0 Å². The molecule has 0 spiro atoms. The summed E-state index contributed by atoms with van der Waals surface area (Å²) in [5, 5.41) is 15.9. The summed E-state index contributed by atoms with van der Waals surface area (Å²) in [5.74, 6) is -0.426. The van der Waals surface area contributed by atoms with Crippen LogP contribution in [0.4, 0.5) is 5.69 Å². The topological polar surface area (TPSA) is 93.5 Å². The molecule has 0 saturated heterocycles. The number of methoxy groups -OCH3 is 1. The number of carbonyl (C=O) groups excluding carboxylic acids is 1. The molecule has 0 fully saturated rings. The Balaban J connectivity index is 2.53. The van der Waals surface area contributed by atoms with E-state index < -0.39 is 10.8 Å². The Bertz CT molecular complexity index is 475. The lowest BCUT2D eigenvalue weighted by Crippen LogP contribution is -2.40. The third kappa shape index (κ3) is 4.98. The average Bonchev–Trinajstić information content (AvgIpc) is 2.39. The molecule has 0 aromatic heterocycles. The van der Waals surface area contributed by atoms with Crippen LogP contribution in [0.25, 0.3) is 0 Å². The lowest BCUT2D eigenvalue weighted by Gasteiger charge is -2.08. The molecule has 0 aliphatic rings. The largest absolute Gasteiger partial charge is 0.383 e. The van der Waals surface area contributed by atoms with Gasteiger partial charge in [-0.1, -0.05) is 0 Å². The number of carbonyl (C=O) groups is 1. The molecule has 102 valence electrons. The number of ether oxygens (including phenoxy) is 1. The van der Waals surface area contributed by atoms with E-state index in [4.69, 9.17) is 17.0 Å². The fraction of sp³-hybridized carbons (Fsp3) is 0.273. The van der Waals surface area contributed by atoms with Crippen LogP contribution < -0.4 is 10.6 Å². The minimum absolute atomic E-state index is 0.0719. The van der Waals surface area contributed by atoms with Gasteiger partial charge in [0.25, 0.3) is 11.6 Å². The molecule has 0 aliphatic carbocycles. The molecule has 0 heterocycles. The van der Waals surface area contributed by atoms with E-state index in [2.05, 4.69) is 10.6 Å². The highest BCUT2D eigenvalue weighted by atomic mass is 32.1. The number of nitro groups is 1. The van der Waals surface area contributed by atoms with Crippen molar-refractivity contribution in [1.82, 2.24) is 10.6 Å². The zero-order valence-electron chi connectivity index (χ0n) is 10.2. The first-order chi connectivity index (χ1) is 9.04. The van der Waals surface area contributed by atoms with E-state index >= 15 is 0 Å². The van der Waals surface area contributed by atoms with Gasteiger partial charge in [0.2, 0.25) is 0 Å². The smallest absolute Gasteiger partial charge is 0.269 e. The van der Waals surface area contributed by atoms with Crippen molar-refractivity contribution >= 4 is 28.9 Å². The van der Waals surface area contributed by atoms with Crippen molar-refractivity contribution in [2.45, 2.75) is 0 Å². The van der Waals surface area contributed by atoms with Gasteiger partial charge < -0.3 is 10.1 Å². The first kappa shape index (κ1) is 15.0. The van der Waals surface area contributed by atoms with Gasteiger partial charge in [0.1, 0.15) is 0 Å². The zero-order valence-corrected chi connectivity index (χ0v) is 11.0. The Labute approximate surface area is 115 Å². The Morgan fingerprint density at radius 3 is 2.58 bits per heavy atom.